The summed E-state index contributed by atoms with van der Waals surface area (Å²) in [4.78, 5) is 22.1. The molecule has 1 amide bonds. The highest BCUT2D eigenvalue weighted by molar-refractivity contribution is 6.31. The third kappa shape index (κ3) is 4.04. The number of nitrogens with one attached hydrogen (secondary N) is 1. The molecular weight excluding hydrogens is 322 g/mol. The number of hydrogen-bond donors (Lipinski definition) is 2. The summed E-state index contributed by atoms with van der Waals surface area (Å²) in [6, 6.07) is 9.73. The van der Waals surface area contributed by atoms with Gasteiger partial charge in [0.1, 0.15) is 5.75 Å². The minimum Gasteiger partial charge on any atom is -0.507 e. The zero-order chi connectivity index (χ0) is 17.0. The van der Waals surface area contributed by atoms with Crippen LogP contribution in [-0.2, 0) is 0 Å². The molecule has 23 heavy (non-hydrogen) atoms. The number of phenols is 1. The lowest BCUT2D eigenvalue weighted by molar-refractivity contribution is -0.384. The number of hydrazone groups is 1. The van der Waals surface area contributed by atoms with Crippen LogP contribution in [-0.4, -0.2) is 21.6 Å². The zero-order valence-electron chi connectivity index (χ0n) is 12.0. The molecule has 0 spiro atoms. The molecule has 0 unspecified atom stereocenters. The molecule has 0 radical (unpaired) electrons. The fourth-order valence-corrected chi connectivity index (χ4v) is 1.99. The minimum atomic E-state index is -0.602. The van der Waals surface area contributed by atoms with E-state index in [1.54, 1.807) is 6.92 Å². The molecule has 0 bridgehead atoms. The Morgan fingerprint density at radius 3 is 2.74 bits per heavy atom. The van der Waals surface area contributed by atoms with Crippen molar-refractivity contribution in [1.29, 1.82) is 0 Å². The molecule has 0 fully saturated rings. The van der Waals surface area contributed by atoms with Crippen molar-refractivity contribution >= 4 is 28.9 Å². The Morgan fingerprint density at radius 1 is 1.30 bits per heavy atom. The number of halogens is 1. The SMILES string of the molecule is C/C(=N\NC(=O)c1cccc([N+](=O)[O-])c1)c1cc(Cl)ccc1O. The summed E-state index contributed by atoms with van der Waals surface area (Å²) >= 11 is 5.85. The summed E-state index contributed by atoms with van der Waals surface area (Å²) in [6.07, 6.45) is 0. The number of aromatic hydroxyl groups is 1. The fourth-order valence-electron chi connectivity index (χ4n) is 1.82. The van der Waals surface area contributed by atoms with Gasteiger partial charge in [-0.3, -0.25) is 14.9 Å². The van der Waals surface area contributed by atoms with Gasteiger partial charge in [-0.1, -0.05) is 17.7 Å². The maximum atomic E-state index is 12.0. The normalized spacial score (nSPS) is 11.1. The van der Waals surface area contributed by atoms with Gasteiger partial charge < -0.3 is 5.11 Å². The fraction of sp³-hybridized carbons (Fsp3) is 0.0667. The Balaban J connectivity index is 2.18. The van der Waals surface area contributed by atoms with Crippen molar-refractivity contribution in [3.8, 4) is 5.75 Å². The van der Waals surface area contributed by atoms with Gasteiger partial charge in [-0.25, -0.2) is 5.43 Å². The number of non-ortho nitro benzene ring substituents is 1. The smallest absolute Gasteiger partial charge is 0.271 e. The average molecular weight is 334 g/mol. The van der Waals surface area contributed by atoms with E-state index < -0.39 is 10.8 Å². The van der Waals surface area contributed by atoms with E-state index in [-0.39, 0.29) is 17.0 Å². The number of nitrogens with zero attached hydrogens (tertiary/aromatic N) is 2. The van der Waals surface area contributed by atoms with Crippen LogP contribution in [0.2, 0.25) is 5.02 Å². The first-order chi connectivity index (χ1) is 10.9. The highest BCUT2D eigenvalue weighted by atomic mass is 35.5. The molecule has 2 N–H and O–H groups in total. The van der Waals surface area contributed by atoms with Crippen molar-refractivity contribution in [2.45, 2.75) is 6.92 Å². The maximum Gasteiger partial charge on any atom is 0.271 e. The predicted molar refractivity (Wildman–Crippen MR) is 85.9 cm³/mol. The van der Waals surface area contributed by atoms with Crippen molar-refractivity contribution in [1.82, 2.24) is 5.43 Å². The van der Waals surface area contributed by atoms with Gasteiger partial charge in [0, 0.05) is 28.3 Å². The molecule has 0 atom stereocenters. The minimum absolute atomic E-state index is 0.0275. The number of nitro benzene ring substituents is 1. The molecule has 7 nitrogen and oxygen atoms in total. The van der Waals surface area contributed by atoms with Gasteiger partial charge in [0.2, 0.25) is 0 Å². The van der Waals surface area contributed by atoms with Crippen LogP contribution in [0.3, 0.4) is 0 Å². The van der Waals surface area contributed by atoms with E-state index in [2.05, 4.69) is 10.5 Å². The third-order valence-corrected chi connectivity index (χ3v) is 3.23. The van der Waals surface area contributed by atoms with Crippen molar-refractivity contribution in [2.24, 2.45) is 5.10 Å². The number of rotatable bonds is 4. The molecule has 0 aliphatic rings. The first-order valence-electron chi connectivity index (χ1n) is 6.46. The Hall–Kier alpha value is -2.93. The van der Waals surface area contributed by atoms with Gasteiger partial charge in [0.05, 0.1) is 10.6 Å². The van der Waals surface area contributed by atoms with Gasteiger partial charge in [-0.15, -0.1) is 0 Å². The number of amides is 1. The lowest BCUT2D eigenvalue weighted by atomic mass is 10.1. The summed E-state index contributed by atoms with van der Waals surface area (Å²) in [5.41, 5.74) is 2.90. The van der Waals surface area contributed by atoms with Gasteiger partial charge in [-0.2, -0.15) is 5.10 Å². The van der Waals surface area contributed by atoms with Gasteiger partial charge in [-0.05, 0) is 31.2 Å². The highest BCUT2D eigenvalue weighted by Crippen LogP contribution is 2.22. The van der Waals surface area contributed by atoms with Crippen LogP contribution in [0.1, 0.15) is 22.8 Å². The second-order valence-corrected chi connectivity index (χ2v) is 5.04. The number of carbonyl (C=O) groups excluding carboxylic acids is 1. The van der Waals surface area contributed by atoms with E-state index in [1.165, 1.54) is 36.4 Å². The monoisotopic (exact) mass is 333 g/mol. The third-order valence-electron chi connectivity index (χ3n) is 2.99. The average Bonchev–Trinajstić information content (AvgIpc) is 2.54. The standard InChI is InChI=1S/C15H12ClN3O4/c1-9(13-8-11(16)5-6-14(13)20)17-18-15(21)10-3-2-4-12(7-10)19(22)23/h2-8,20H,1H3,(H,18,21)/b17-9+. The summed E-state index contributed by atoms with van der Waals surface area (Å²) < 4.78 is 0. The van der Waals surface area contributed by atoms with E-state index in [0.717, 1.165) is 6.07 Å². The molecule has 8 heteroatoms. The van der Waals surface area contributed by atoms with Gasteiger partial charge >= 0.3 is 0 Å². The molecule has 118 valence electrons. The maximum absolute atomic E-state index is 12.0. The van der Waals surface area contributed by atoms with Crippen LogP contribution >= 0.6 is 11.6 Å². The van der Waals surface area contributed by atoms with Crippen LogP contribution in [0.5, 0.6) is 5.75 Å². The zero-order valence-corrected chi connectivity index (χ0v) is 12.7. The summed E-state index contributed by atoms with van der Waals surface area (Å²) in [7, 11) is 0. The Morgan fingerprint density at radius 2 is 2.04 bits per heavy atom. The first-order valence-corrected chi connectivity index (χ1v) is 6.84. The Bertz CT molecular complexity index is 805. The predicted octanol–water partition coefficient (Wildman–Crippen LogP) is 3.11. The first kappa shape index (κ1) is 16.4. The van der Waals surface area contributed by atoms with E-state index in [9.17, 15) is 20.0 Å². The molecule has 0 aromatic heterocycles. The van der Waals surface area contributed by atoms with E-state index in [1.807, 2.05) is 0 Å². The number of phenolic OH excluding ortho intramolecular Hbond substituents is 1. The number of nitro groups is 1. The number of hydrogen-bond acceptors (Lipinski definition) is 5. The molecule has 2 aromatic rings. The van der Waals surface area contributed by atoms with Crippen LogP contribution in [0.15, 0.2) is 47.6 Å². The Kier molecular flexibility index (Phi) is 4.92. The lowest BCUT2D eigenvalue weighted by Crippen LogP contribution is -2.19. The number of carbonyl (C=O) groups is 1. The molecule has 0 heterocycles. The van der Waals surface area contributed by atoms with Crippen molar-refractivity contribution in [2.75, 3.05) is 0 Å². The summed E-state index contributed by atoms with van der Waals surface area (Å²) in [5, 5.41) is 24.8. The van der Waals surface area contributed by atoms with Crippen molar-refractivity contribution in [3.05, 3.63) is 68.7 Å². The van der Waals surface area contributed by atoms with E-state index in [4.69, 9.17) is 11.6 Å². The molecule has 2 aromatic carbocycles. The summed E-state index contributed by atoms with van der Waals surface area (Å²) in [6.45, 7) is 1.58. The van der Waals surface area contributed by atoms with Crippen LogP contribution in [0, 0.1) is 10.1 Å². The topological polar surface area (TPSA) is 105 Å². The van der Waals surface area contributed by atoms with Gasteiger partial charge in [0.25, 0.3) is 11.6 Å². The van der Waals surface area contributed by atoms with E-state index >= 15 is 0 Å². The van der Waals surface area contributed by atoms with E-state index in [0.29, 0.717) is 16.3 Å². The molecule has 0 aliphatic carbocycles. The second kappa shape index (κ2) is 6.89. The van der Waals surface area contributed by atoms with Crippen molar-refractivity contribution < 1.29 is 14.8 Å². The highest BCUT2D eigenvalue weighted by Gasteiger charge is 2.11. The quantitative estimate of drug-likeness (QED) is 0.509. The summed E-state index contributed by atoms with van der Waals surface area (Å²) in [5.74, 6) is -0.630. The largest absolute Gasteiger partial charge is 0.507 e. The van der Waals surface area contributed by atoms with Crippen LogP contribution in [0.25, 0.3) is 0 Å². The lowest BCUT2D eigenvalue weighted by Gasteiger charge is -2.05. The van der Waals surface area contributed by atoms with Crippen LogP contribution in [0.4, 0.5) is 5.69 Å². The molecule has 0 saturated heterocycles. The Labute approximate surface area is 136 Å². The number of benzene rings is 2. The molecule has 0 aliphatic heterocycles. The molecular formula is C15H12ClN3O4. The van der Waals surface area contributed by atoms with Crippen molar-refractivity contribution in [3.63, 3.8) is 0 Å². The van der Waals surface area contributed by atoms with Crippen LogP contribution < -0.4 is 5.43 Å². The van der Waals surface area contributed by atoms with Gasteiger partial charge in [0.15, 0.2) is 0 Å². The molecule has 2 rings (SSSR count). The molecule has 0 saturated carbocycles. The second-order valence-electron chi connectivity index (χ2n) is 4.61.